The highest BCUT2D eigenvalue weighted by molar-refractivity contribution is 5.68. The van der Waals surface area contributed by atoms with Crippen LogP contribution in [0.4, 0.5) is 4.79 Å². The Bertz CT molecular complexity index is 297. The molecule has 1 saturated heterocycles. The van der Waals surface area contributed by atoms with E-state index in [9.17, 15) is 9.90 Å². The van der Waals surface area contributed by atoms with E-state index in [2.05, 4.69) is 0 Å². The van der Waals surface area contributed by atoms with Gasteiger partial charge in [0.05, 0.1) is 6.10 Å². The van der Waals surface area contributed by atoms with Crippen LogP contribution >= 0.6 is 0 Å². The molecule has 4 heteroatoms. The Balaban J connectivity index is 1.92. The molecule has 1 aliphatic carbocycles. The highest BCUT2D eigenvalue weighted by atomic mass is 16.6. The topological polar surface area (TPSA) is 49.8 Å². The Hall–Kier alpha value is -0.770. The minimum atomic E-state index is -0.441. The Morgan fingerprint density at radius 1 is 1.50 bits per heavy atom. The molecule has 1 saturated carbocycles. The van der Waals surface area contributed by atoms with Crippen molar-refractivity contribution in [1.82, 2.24) is 4.90 Å². The Kier molecular flexibility index (Phi) is 2.65. The molecule has 2 unspecified atom stereocenters. The summed E-state index contributed by atoms with van der Waals surface area (Å²) in [5.41, 5.74) is -0.445. The number of carbonyl (C=O) groups is 1. The van der Waals surface area contributed by atoms with Gasteiger partial charge in [-0.05, 0) is 40.0 Å². The second-order valence-corrected chi connectivity index (χ2v) is 6.09. The van der Waals surface area contributed by atoms with Gasteiger partial charge in [-0.2, -0.15) is 0 Å². The second kappa shape index (κ2) is 3.62. The van der Waals surface area contributed by atoms with Gasteiger partial charge in [-0.3, -0.25) is 0 Å². The summed E-state index contributed by atoms with van der Waals surface area (Å²) >= 11 is 0. The molecule has 92 valence electrons. The molecule has 0 aromatic rings. The summed E-state index contributed by atoms with van der Waals surface area (Å²) in [5, 5.41) is 9.60. The van der Waals surface area contributed by atoms with Crippen LogP contribution in [-0.4, -0.2) is 40.9 Å². The number of aliphatic hydroxyl groups is 1. The summed E-state index contributed by atoms with van der Waals surface area (Å²) in [5.74, 6) is 0. The third-order valence-electron chi connectivity index (χ3n) is 3.41. The number of hydrogen-bond acceptors (Lipinski definition) is 3. The molecule has 1 N–H and O–H groups in total. The van der Waals surface area contributed by atoms with Crippen LogP contribution in [0.25, 0.3) is 0 Å². The molecule has 1 amide bonds. The molecule has 1 heterocycles. The van der Waals surface area contributed by atoms with Crippen molar-refractivity contribution in [1.29, 1.82) is 0 Å². The van der Waals surface area contributed by atoms with Gasteiger partial charge in [0.25, 0.3) is 0 Å². The van der Waals surface area contributed by atoms with E-state index >= 15 is 0 Å². The van der Waals surface area contributed by atoms with E-state index in [1.807, 2.05) is 20.8 Å². The molecule has 0 radical (unpaired) electrons. The first kappa shape index (κ1) is 11.7. The Labute approximate surface area is 96.6 Å². The molecule has 2 fully saturated rings. The molecule has 16 heavy (non-hydrogen) atoms. The highest BCUT2D eigenvalue weighted by Crippen LogP contribution is 2.52. The fourth-order valence-electron chi connectivity index (χ4n) is 2.41. The first-order valence-corrected chi connectivity index (χ1v) is 5.98. The number of likely N-dealkylation sites (tertiary alicyclic amines) is 1. The van der Waals surface area contributed by atoms with Crippen LogP contribution in [0.5, 0.6) is 0 Å². The summed E-state index contributed by atoms with van der Waals surface area (Å²) in [6.45, 7) is 7.02. The fourth-order valence-corrected chi connectivity index (χ4v) is 2.41. The van der Waals surface area contributed by atoms with E-state index < -0.39 is 5.60 Å². The average molecular weight is 227 g/mol. The summed E-state index contributed by atoms with van der Waals surface area (Å²) in [4.78, 5) is 13.6. The zero-order chi connectivity index (χ0) is 12.0. The lowest BCUT2D eigenvalue weighted by Crippen LogP contribution is -2.44. The third kappa shape index (κ3) is 2.32. The number of aliphatic hydroxyl groups excluding tert-OH is 1. The quantitative estimate of drug-likeness (QED) is 0.686. The number of hydrogen-bond donors (Lipinski definition) is 1. The number of piperidine rings is 1. The van der Waals surface area contributed by atoms with Crippen LogP contribution < -0.4 is 0 Å². The van der Waals surface area contributed by atoms with E-state index in [1.165, 1.54) is 0 Å². The number of carbonyl (C=O) groups excluding carboxylic acids is 1. The minimum absolute atomic E-state index is 0.00481. The van der Waals surface area contributed by atoms with Crippen LogP contribution in [0.2, 0.25) is 0 Å². The van der Waals surface area contributed by atoms with Crippen LogP contribution in [0.1, 0.15) is 40.0 Å². The van der Waals surface area contributed by atoms with Gasteiger partial charge in [-0.25, -0.2) is 4.79 Å². The van der Waals surface area contributed by atoms with Crippen molar-refractivity contribution in [2.45, 2.75) is 51.7 Å². The van der Waals surface area contributed by atoms with Crippen LogP contribution in [-0.2, 0) is 4.74 Å². The van der Waals surface area contributed by atoms with Gasteiger partial charge in [-0.1, -0.05) is 0 Å². The molecule has 0 aromatic carbocycles. The number of ether oxygens (including phenoxy) is 1. The molecule has 2 atom stereocenters. The molecule has 1 spiro atoms. The maximum atomic E-state index is 11.9. The van der Waals surface area contributed by atoms with Crippen LogP contribution in [0.3, 0.4) is 0 Å². The van der Waals surface area contributed by atoms with Crippen LogP contribution in [0.15, 0.2) is 0 Å². The molecule has 2 rings (SSSR count). The van der Waals surface area contributed by atoms with Gasteiger partial charge in [-0.15, -0.1) is 0 Å². The maximum absolute atomic E-state index is 11.9. The van der Waals surface area contributed by atoms with Gasteiger partial charge >= 0.3 is 6.09 Å². The molecule has 4 nitrogen and oxygen atoms in total. The summed E-state index contributed by atoms with van der Waals surface area (Å²) in [6.07, 6.45) is 2.39. The summed E-state index contributed by atoms with van der Waals surface area (Å²) < 4.78 is 5.34. The Morgan fingerprint density at radius 2 is 2.12 bits per heavy atom. The number of nitrogens with zero attached hydrogens (tertiary/aromatic N) is 1. The molecule has 0 bridgehead atoms. The van der Waals surface area contributed by atoms with E-state index in [1.54, 1.807) is 4.90 Å². The van der Waals surface area contributed by atoms with E-state index in [0.717, 1.165) is 25.8 Å². The van der Waals surface area contributed by atoms with Crippen molar-refractivity contribution >= 4 is 6.09 Å². The summed E-state index contributed by atoms with van der Waals surface area (Å²) in [7, 11) is 0. The van der Waals surface area contributed by atoms with E-state index in [0.29, 0.717) is 6.54 Å². The van der Waals surface area contributed by atoms with Gasteiger partial charge in [0.2, 0.25) is 0 Å². The zero-order valence-corrected chi connectivity index (χ0v) is 10.3. The predicted octanol–water partition coefficient (Wildman–Crippen LogP) is 1.77. The lowest BCUT2D eigenvalue weighted by molar-refractivity contribution is 0.0114. The zero-order valence-electron chi connectivity index (χ0n) is 10.3. The van der Waals surface area contributed by atoms with Crippen LogP contribution in [0, 0.1) is 5.41 Å². The van der Waals surface area contributed by atoms with Gasteiger partial charge < -0.3 is 14.7 Å². The second-order valence-electron chi connectivity index (χ2n) is 6.09. The van der Waals surface area contributed by atoms with Crippen molar-refractivity contribution in [2.24, 2.45) is 5.41 Å². The standard InChI is InChI=1S/C12H21NO3/c1-11(2,3)16-10(15)13-6-4-5-12(8-13)7-9(12)14/h9,14H,4-8H2,1-3H3. The molecule has 0 aromatic heterocycles. The normalized spacial score (nSPS) is 34.0. The SMILES string of the molecule is CC(C)(C)OC(=O)N1CCCC2(CC2O)C1. The first-order chi connectivity index (χ1) is 7.32. The van der Waals surface area contributed by atoms with Crippen molar-refractivity contribution in [3.05, 3.63) is 0 Å². The van der Waals surface area contributed by atoms with Crippen molar-refractivity contribution in [2.75, 3.05) is 13.1 Å². The predicted molar refractivity (Wildman–Crippen MR) is 60.1 cm³/mol. The lowest BCUT2D eigenvalue weighted by atomic mass is 9.95. The fraction of sp³-hybridized carbons (Fsp3) is 0.917. The average Bonchev–Trinajstić information content (AvgIpc) is 2.73. The van der Waals surface area contributed by atoms with Crippen molar-refractivity contribution in [3.63, 3.8) is 0 Å². The van der Waals surface area contributed by atoms with E-state index in [4.69, 9.17) is 4.74 Å². The number of amides is 1. The largest absolute Gasteiger partial charge is 0.444 e. The molecular weight excluding hydrogens is 206 g/mol. The van der Waals surface area contributed by atoms with Gasteiger partial charge in [0, 0.05) is 18.5 Å². The van der Waals surface area contributed by atoms with E-state index in [-0.39, 0.29) is 17.6 Å². The third-order valence-corrected chi connectivity index (χ3v) is 3.41. The van der Waals surface area contributed by atoms with Crippen molar-refractivity contribution in [3.8, 4) is 0 Å². The minimum Gasteiger partial charge on any atom is -0.444 e. The number of rotatable bonds is 0. The first-order valence-electron chi connectivity index (χ1n) is 5.98. The molecule has 2 aliphatic rings. The molecular formula is C12H21NO3. The Morgan fingerprint density at radius 3 is 2.62 bits per heavy atom. The molecule has 1 aliphatic heterocycles. The van der Waals surface area contributed by atoms with Gasteiger partial charge in [0.1, 0.15) is 5.60 Å². The van der Waals surface area contributed by atoms with Crippen molar-refractivity contribution < 1.29 is 14.6 Å². The highest BCUT2D eigenvalue weighted by Gasteiger charge is 2.55. The lowest BCUT2D eigenvalue weighted by Gasteiger charge is -2.34. The maximum Gasteiger partial charge on any atom is 0.410 e. The summed E-state index contributed by atoms with van der Waals surface area (Å²) in [6, 6.07) is 0. The monoisotopic (exact) mass is 227 g/mol. The van der Waals surface area contributed by atoms with Gasteiger partial charge in [0.15, 0.2) is 0 Å². The smallest absolute Gasteiger partial charge is 0.410 e.